The van der Waals surface area contributed by atoms with Gasteiger partial charge < -0.3 is 8.94 Å². The van der Waals surface area contributed by atoms with Gasteiger partial charge in [-0.3, -0.25) is 9.88 Å². The van der Waals surface area contributed by atoms with E-state index in [9.17, 15) is 0 Å². The third kappa shape index (κ3) is 3.98. The van der Waals surface area contributed by atoms with Crippen LogP contribution in [0.5, 0.6) is 0 Å². The predicted octanol–water partition coefficient (Wildman–Crippen LogP) is 4.99. The Balaban J connectivity index is 1.45. The summed E-state index contributed by atoms with van der Waals surface area (Å²) in [6, 6.07) is 15.1. The summed E-state index contributed by atoms with van der Waals surface area (Å²) in [5.41, 5.74) is 3.16. The van der Waals surface area contributed by atoms with E-state index in [1.165, 1.54) is 0 Å². The van der Waals surface area contributed by atoms with E-state index in [-0.39, 0.29) is 0 Å². The Hall–Kier alpha value is -2.96. The molecule has 0 fully saturated rings. The maximum absolute atomic E-state index is 6.25. The summed E-state index contributed by atoms with van der Waals surface area (Å²) in [6.45, 7) is 3.11. The molecule has 3 heterocycles. The van der Waals surface area contributed by atoms with Crippen LogP contribution in [0.15, 0.2) is 63.7 Å². The molecule has 142 valence electrons. The minimum absolute atomic E-state index is 0.531. The molecule has 0 amide bonds. The first-order valence-corrected chi connectivity index (χ1v) is 9.24. The lowest BCUT2D eigenvalue weighted by molar-refractivity contribution is 0.264. The van der Waals surface area contributed by atoms with E-state index < -0.39 is 0 Å². The van der Waals surface area contributed by atoms with Gasteiger partial charge in [0.1, 0.15) is 11.5 Å². The zero-order chi connectivity index (χ0) is 19.5. The lowest BCUT2D eigenvalue weighted by Gasteiger charge is -2.12. The van der Waals surface area contributed by atoms with Crippen LogP contribution in [0.25, 0.3) is 22.8 Å². The van der Waals surface area contributed by atoms with Gasteiger partial charge in [-0.05, 0) is 38.2 Å². The van der Waals surface area contributed by atoms with Crippen LogP contribution >= 0.6 is 11.6 Å². The number of benzene rings is 1. The van der Waals surface area contributed by atoms with Crippen molar-refractivity contribution in [2.45, 2.75) is 20.0 Å². The minimum Gasteiger partial charge on any atom is -0.441 e. The van der Waals surface area contributed by atoms with E-state index in [0.717, 1.165) is 34.2 Å². The second-order valence-electron chi connectivity index (χ2n) is 6.57. The van der Waals surface area contributed by atoms with Gasteiger partial charge in [0, 0.05) is 18.8 Å². The van der Waals surface area contributed by atoms with Crippen LogP contribution in [-0.2, 0) is 13.1 Å². The van der Waals surface area contributed by atoms with E-state index >= 15 is 0 Å². The van der Waals surface area contributed by atoms with Gasteiger partial charge in [0.2, 0.25) is 5.89 Å². The number of rotatable bonds is 6. The lowest BCUT2D eigenvalue weighted by Crippen LogP contribution is -2.17. The average molecular weight is 395 g/mol. The first kappa shape index (κ1) is 18.4. The molecule has 4 rings (SSSR count). The molecule has 0 saturated carbocycles. The summed E-state index contributed by atoms with van der Waals surface area (Å²) in [5.74, 6) is 2.06. The fourth-order valence-electron chi connectivity index (χ4n) is 2.92. The van der Waals surface area contributed by atoms with Crippen LogP contribution in [0, 0.1) is 6.92 Å². The van der Waals surface area contributed by atoms with Crippen molar-refractivity contribution in [3.8, 4) is 22.8 Å². The van der Waals surface area contributed by atoms with E-state index in [4.69, 9.17) is 20.5 Å². The fraction of sp³-hybridized carbons (Fsp3) is 0.190. The van der Waals surface area contributed by atoms with Gasteiger partial charge in [0.05, 0.1) is 28.5 Å². The maximum atomic E-state index is 6.25. The monoisotopic (exact) mass is 394 g/mol. The molecule has 0 radical (unpaired) electrons. The summed E-state index contributed by atoms with van der Waals surface area (Å²) in [7, 11) is 1.99. The number of halogens is 1. The van der Waals surface area contributed by atoms with Crippen LogP contribution in [0.1, 0.15) is 17.2 Å². The van der Waals surface area contributed by atoms with Crippen molar-refractivity contribution in [3.05, 3.63) is 77.0 Å². The molecule has 0 aliphatic carbocycles. The molecular formula is C21H19ClN4O2. The quantitative estimate of drug-likeness (QED) is 0.459. The second-order valence-corrected chi connectivity index (χ2v) is 6.97. The third-order valence-corrected chi connectivity index (χ3v) is 4.66. The molecule has 0 spiro atoms. The molecule has 7 heteroatoms. The van der Waals surface area contributed by atoms with Crippen molar-refractivity contribution in [1.29, 1.82) is 0 Å². The topological polar surface area (TPSA) is 68.2 Å². The highest BCUT2D eigenvalue weighted by atomic mass is 35.5. The highest BCUT2D eigenvalue weighted by molar-refractivity contribution is 6.33. The number of hydrogen-bond acceptors (Lipinski definition) is 6. The highest BCUT2D eigenvalue weighted by Crippen LogP contribution is 2.28. The summed E-state index contributed by atoms with van der Waals surface area (Å²) in [4.78, 5) is 11.0. The van der Waals surface area contributed by atoms with Gasteiger partial charge in [-0.1, -0.05) is 35.0 Å². The molecule has 0 aliphatic heterocycles. The second kappa shape index (κ2) is 7.96. The molecule has 0 unspecified atom stereocenters. The number of aryl methyl sites for hydroxylation is 1. The van der Waals surface area contributed by atoms with Crippen molar-refractivity contribution in [1.82, 2.24) is 20.0 Å². The van der Waals surface area contributed by atoms with E-state index in [1.807, 2.05) is 62.5 Å². The molecule has 0 N–H and O–H groups in total. The first-order chi connectivity index (χ1) is 13.6. The maximum Gasteiger partial charge on any atom is 0.228 e. The molecule has 4 aromatic rings. The van der Waals surface area contributed by atoms with Crippen LogP contribution in [0.4, 0.5) is 0 Å². The Bertz CT molecular complexity index is 1070. The van der Waals surface area contributed by atoms with E-state index in [0.29, 0.717) is 24.0 Å². The summed E-state index contributed by atoms with van der Waals surface area (Å²) in [5, 5.41) is 4.72. The van der Waals surface area contributed by atoms with Gasteiger partial charge in [-0.25, -0.2) is 4.98 Å². The van der Waals surface area contributed by atoms with Gasteiger partial charge in [0.15, 0.2) is 5.76 Å². The van der Waals surface area contributed by atoms with Crippen molar-refractivity contribution >= 4 is 11.6 Å². The summed E-state index contributed by atoms with van der Waals surface area (Å²) in [6.07, 6.45) is 1.74. The van der Waals surface area contributed by atoms with Gasteiger partial charge in [-0.2, -0.15) is 0 Å². The fourth-order valence-corrected chi connectivity index (χ4v) is 3.14. The minimum atomic E-state index is 0.531. The van der Waals surface area contributed by atoms with Crippen molar-refractivity contribution in [2.24, 2.45) is 0 Å². The molecule has 6 nitrogen and oxygen atoms in total. The van der Waals surface area contributed by atoms with Gasteiger partial charge >= 0.3 is 0 Å². The summed E-state index contributed by atoms with van der Waals surface area (Å²) < 4.78 is 11.3. The zero-order valence-corrected chi connectivity index (χ0v) is 16.3. The van der Waals surface area contributed by atoms with Gasteiger partial charge in [-0.15, -0.1) is 0 Å². The molecule has 3 aromatic heterocycles. The Kier molecular flexibility index (Phi) is 5.23. The molecule has 0 bridgehead atoms. The Morgan fingerprint density at radius 3 is 2.64 bits per heavy atom. The Morgan fingerprint density at radius 2 is 1.86 bits per heavy atom. The van der Waals surface area contributed by atoms with E-state index in [2.05, 4.69) is 20.0 Å². The molecule has 0 atom stereocenters. The van der Waals surface area contributed by atoms with Crippen molar-refractivity contribution in [3.63, 3.8) is 0 Å². The van der Waals surface area contributed by atoms with Gasteiger partial charge in [0.25, 0.3) is 0 Å². The van der Waals surface area contributed by atoms with Crippen LogP contribution in [0.3, 0.4) is 0 Å². The molecule has 0 aliphatic rings. The Labute approximate surface area is 167 Å². The standard InChI is InChI=1S/C21H19ClN4O2/c1-14-20(24-21(27-14)16-7-3-4-8-17(16)22)13-26(2)12-15-11-19(25-28-15)18-9-5-6-10-23-18/h3-11H,12-13H2,1-2H3. The number of aromatic nitrogens is 3. The van der Waals surface area contributed by atoms with Crippen LogP contribution < -0.4 is 0 Å². The Morgan fingerprint density at radius 1 is 1.04 bits per heavy atom. The highest BCUT2D eigenvalue weighted by Gasteiger charge is 2.16. The number of nitrogens with zero attached hydrogens (tertiary/aromatic N) is 4. The lowest BCUT2D eigenvalue weighted by atomic mass is 10.2. The molecule has 1 aromatic carbocycles. The number of pyridine rings is 1. The molecule has 0 saturated heterocycles. The third-order valence-electron chi connectivity index (χ3n) is 4.33. The largest absolute Gasteiger partial charge is 0.441 e. The van der Waals surface area contributed by atoms with Crippen molar-refractivity contribution < 1.29 is 8.94 Å². The van der Waals surface area contributed by atoms with Crippen LogP contribution in [-0.4, -0.2) is 27.1 Å². The smallest absolute Gasteiger partial charge is 0.228 e. The first-order valence-electron chi connectivity index (χ1n) is 8.87. The number of oxazole rings is 1. The van der Waals surface area contributed by atoms with E-state index in [1.54, 1.807) is 6.20 Å². The van der Waals surface area contributed by atoms with Crippen LogP contribution in [0.2, 0.25) is 5.02 Å². The molecule has 28 heavy (non-hydrogen) atoms. The van der Waals surface area contributed by atoms with Crippen molar-refractivity contribution in [2.75, 3.05) is 7.05 Å². The molecular weight excluding hydrogens is 376 g/mol. The SMILES string of the molecule is Cc1oc(-c2ccccc2Cl)nc1CN(C)Cc1cc(-c2ccccn2)no1. The average Bonchev–Trinajstić information content (AvgIpc) is 3.30. The zero-order valence-electron chi connectivity index (χ0n) is 15.6. The number of hydrogen-bond donors (Lipinski definition) is 0. The predicted molar refractivity (Wildman–Crippen MR) is 107 cm³/mol. The summed E-state index contributed by atoms with van der Waals surface area (Å²) >= 11 is 6.25. The normalized spacial score (nSPS) is 11.3.